The van der Waals surface area contributed by atoms with Gasteiger partial charge in [0.1, 0.15) is 0 Å². The fourth-order valence-electron chi connectivity index (χ4n) is 2.95. The smallest absolute Gasteiger partial charge is 0.262 e. The molecular formula is C20H22ClN3O2S. The molecule has 0 amide bonds. The zero-order valence-corrected chi connectivity index (χ0v) is 17.3. The van der Waals surface area contributed by atoms with Crippen LogP contribution in [0.1, 0.15) is 28.1 Å². The molecule has 0 unspecified atom stereocenters. The van der Waals surface area contributed by atoms with Gasteiger partial charge in [-0.15, -0.1) is 0 Å². The number of nitrogens with zero attached hydrogens (tertiary/aromatic N) is 2. The van der Waals surface area contributed by atoms with Gasteiger partial charge in [0.05, 0.1) is 28.5 Å². The van der Waals surface area contributed by atoms with E-state index < -0.39 is 10.0 Å². The molecule has 2 aromatic carbocycles. The van der Waals surface area contributed by atoms with Gasteiger partial charge in [0, 0.05) is 5.02 Å². The second-order valence-electron chi connectivity index (χ2n) is 6.70. The Kier molecular flexibility index (Phi) is 5.31. The van der Waals surface area contributed by atoms with Crippen LogP contribution in [0.2, 0.25) is 5.02 Å². The molecule has 0 fully saturated rings. The Morgan fingerprint density at radius 3 is 2.37 bits per heavy atom. The average Bonchev–Trinajstić information content (AvgIpc) is 2.86. The summed E-state index contributed by atoms with van der Waals surface area (Å²) in [4.78, 5) is 0.284. The minimum atomic E-state index is -3.70. The summed E-state index contributed by atoms with van der Waals surface area (Å²) in [5.41, 5.74) is 4.55. The summed E-state index contributed by atoms with van der Waals surface area (Å²) in [6.45, 7) is 7.86. The summed E-state index contributed by atoms with van der Waals surface area (Å²) >= 11 is 5.93. The van der Waals surface area contributed by atoms with Crippen LogP contribution >= 0.6 is 11.6 Å². The largest absolute Gasteiger partial charge is 0.276 e. The predicted octanol–water partition coefficient (Wildman–Crippen LogP) is 4.62. The first-order valence-corrected chi connectivity index (χ1v) is 10.4. The number of nitrogens with one attached hydrogen (secondary N) is 1. The minimum Gasteiger partial charge on any atom is -0.276 e. The Morgan fingerprint density at radius 1 is 1.04 bits per heavy atom. The maximum absolute atomic E-state index is 12.9. The lowest BCUT2D eigenvalue weighted by atomic mass is 10.2. The molecule has 0 aliphatic carbocycles. The van der Waals surface area contributed by atoms with Gasteiger partial charge in [-0.25, -0.2) is 8.42 Å². The van der Waals surface area contributed by atoms with Crippen LogP contribution in [0, 0.1) is 27.7 Å². The van der Waals surface area contributed by atoms with Crippen LogP contribution in [0.4, 0.5) is 5.69 Å². The van der Waals surface area contributed by atoms with Gasteiger partial charge in [-0.05, 0) is 62.6 Å². The Morgan fingerprint density at radius 2 is 1.70 bits per heavy atom. The Hall–Kier alpha value is -2.31. The molecule has 0 saturated carbocycles. The number of sulfonamides is 1. The Balaban J connectivity index is 1.92. The molecule has 3 aromatic rings. The number of halogens is 1. The molecule has 1 N–H and O–H groups in total. The second-order valence-corrected chi connectivity index (χ2v) is 8.79. The number of anilines is 1. The van der Waals surface area contributed by atoms with Crippen molar-refractivity contribution in [1.82, 2.24) is 9.78 Å². The van der Waals surface area contributed by atoms with Crippen molar-refractivity contribution in [2.45, 2.75) is 39.1 Å². The van der Waals surface area contributed by atoms with Crippen molar-refractivity contribution in [3.05, 3.63) is 75.6 Å². The molecule has 1 aromatic heterocycles. The van der Waals surface area contributed by atoms with Crippen molar-refractivity contribution in [3.8, 4) is 0 Å². The number of benzene rings is 2. The van der Waals surface area contributed by atoms with E-state index in [1.807, 2.05) is 50.2 Å². The van der Waals surface area contributed by atoms with Crippen molar-refractivity contribution in [1.29, 1.82) is 0 Å². The summed E-state index contributed by atoms with van der Waals surface area (Å²) < 4.78 is 30.4. The van der Waals surface area contributed by atoms with Crippen molar-refractivity contribution in [2.24, 2.45) is 0 Å². The molecule has 0 radical (unpaired) electrons. The lowest BCUT2D eigenvalue weighted by Crippen LogP contribution is -2.15. The van der Waals surface area contributed by atoms with Crippen LogP contribution in [-0.2, 0) is 16.6 Å². The first-order valence-electron chi connectivity index (χ1n) is 8.56. The predicted molar refractivity (Wildman–Crippen MR) is 109 cm³/mol. The van der Waals surface area contributed by atoms with Gasteiger partial charge in [0.2, 0.25) is 0 Å². The molecule has 0 aliphatic heterocycles. The SMILES string of the molecule is Cc1ccc(C)c(S(=O)(=O)Nc2c(C)nn(Cc3ccc(Cl)cc3)c2C)c1. The van der Waals surface area contributed by atoms with Gasteiger partial charge in [-0.3, -0.25) is 9.40 Å². The van der Waals surface area contributed by atoms with Crippen LogP contribution in [0.15, 0.2) is 47.4 Å². The standard InChI is InChI=1S/C20H22ClN3O2S/c1-13-5-6-14(2)19(11-13)27(25,26)23-20-15(3)22-24(16(20)4)12-17-7-9-18(21)10-8-17/h5-11,23H,12H2,1-4H3. The van der Waals surface area contributed by atoms with Gasteiger partial charge < -0.3 is 0 Å². The van der Waals surface area contributed by atoms with Crippen molar-refractivity contribution in [2.75, 3.05) is 4.72 Å². The first-order chi connectivity index (χ1) is 12.7. The molecule has 3 rings (SSSR count). The van der Waals surface area contributed by atoms with E-state index in [0.29, 0.717) is 28.5 Å². The van der Waals surface area contributed by atoms with E-state index in [0.717, 1.165) is 16.8 Å². The van der Waals surface area contributed by atoms with E-state index in [1.165, 1.54) is 0 Å². The van der Waals surface area contributed by atoms with Crippen molar-refractivity contribution < 1.29 is 8.42 Å². The van der Waals surface area contributed by atoms with Gasteiger partial charge >= 0.3 is 0 Å². The summed E-state index contributed by atoms with van der Waals surface area (Å²) in [5, 5.41) is 5.18. The van der Waals surface area contributed by atoms with E-state index >= 15 is 0 Å². The highest BCUT2D eigenvalue weighted by Crippen LogP contribution is 2.26. The van der Waals surface area contributed by atoms with Crippen LogP contribution in [0.3, 0.4) is 0 Å². The molecule has 0 spiro atoms. The molecule has 27 heavy (non-hydrogen) atoms. The normalized spacial score (nSPS) is 11.6. The van der Waals surface area contributed by atoms with Crippen LogP contribution in [-0.4, -0.2) is 18.2 Å². The molecule has 0 aliphatic rings. The third kappa shape index (κ3) is 4.17. The highest BCUT2D eigenvalue weighted by atomic mass is 35.5. The number of rotatable bonds is 5. The highest BCUT2D eigenvalue weighted by Gasteiger charge is 2.21. The van der Waals surface area contributed by atoms with Gasteiger partial charge in [0.15, 0.2) is 0 Å². The summed E-state index contributed by atoms with van der Waals surface area (Å²) in [6, 6.07) is 12.9. The zero-order valence-electron chi connectivity index (χ0n) is 15.7. The lowest BCUT2D eigenvalue weighted by molar-refractivity contribution is 0.600. The van der Waals surface area contributed by atoms with E-state index in [1.54, 1.807) is 24.6 Å². The maximum Gasteiger partial charge on any atom is 0.262 e. The molecule has 7 heteroatoms. The molecule has 0 bridgehead atoms. The topological polar surface area (TPSA) is 64.0 Å². The van der Waals surface area contributed by atoms with Gasteiger partial charge in [-0.1, -0.05) is 35.9 Å². The third-order valence-corrected chi connectivity index (χ3v) is 6.24. The lowest BCUT2D eigenvalue weighted by Gasteiger charge is -2.12. The van der Waals surface area contributed by atoms with E-state index in [4.69, 9.17) is 11.6 Å². The first kappa shape index (κ1) is 19.5. The Bertz CT molecular complexity index is 1090. The number of aryl methyl sites for hydroxylation is 3. The minimum absolute atomic E-state index is 0.284. The molecule has 0 atom stereocenters. The van der Waals surface area contributed by atoms with E-state index in [2.05, 4.69) is 9.82 Å². The average molecular weight is 404 g/mol. The monoisotopic (exact) mass is 403 g/mol. The summed E-state index contributed by atoms with van der Waals surface area (Å²) in [7, 11) is -3.70. The molecule has 142 valence electrons. The van der Waals surface area contributed by atoms with Crippen molar-refractivity contribution in [3.63, 3.8) is 0 Å². The van der Waals surface area contributed by atoms with Crippen LogP contribution in [0.25, 0.3) is 0 Å². The maximum atomic E-state index is 12.9. The third-order valence-electron chi connectivity index (χ3n) is 4.50. The zero-order chi connectivity index (χ0) is 19.8. The van der Waals surface area contributed by atoms with E-state index in [-0.39, 0.29) is 4.90 Å². The fourth-order valence-corrected chi connectivity index (χ4v) is 4.58. The van der Waals surface area contributed by atoms with Crippen molar-refractivity contribution >= 4 is 27.3 Å². The fraction of sp³-hybridized carbons (Fsp3) is 0.250. The summed E-state index contributed by atoms with van der Waals surface area (Å²) in [6.07, 6.45) is 0. The van der Waals surface area contributed by atoms with E-state index in [9.17, 15) is 8.42 Å². The molecule has 5 nitrogen and oxygen atoms in total. The van der Waals surface area contributed by atoms with Gasteiger partial charge in [-0.2, -0.15) is 5.10 Å². The second kappa shape index (κ2) is 7.37. The molecule has 0 saturated heterocycles. The number of hydrogen-bond acceptors (Lipinski definition) is 3. The van der Waals surface area contributed by atoms with Crippen LogP contribution < -0.4 is 4.72 Å². The number of aromatic nitrogens is 2. The van der Waals surface area contributed by atoms with Gasteiger partial charge in [0.25, 0.3) is 10.0 Å². The quantitative estimate of drug-likeness (QED) is 0.676. The Labute approximate surface area is 165 Å². The summed E-state index contributed by atoms with van der Waals surface area (Å²) in [5.74, 6) is 0. The molecular weight excluding hydrogens is 382 g/mol. The molecule has 1 heterocycles. The van der Waals surface area contributed by atoms with Crippen LogP contribution in [0.5, 0.6) is 0 Å². The highest BCUT2D eigenvalue weighted by molar-refractivity contribution is 7.92. The number of hydrogen-bond donors (Lipinski definition) is 1.